The molecule has 0 aliphatic heterocycles. The highest BCUT2D eigenvalue weighted by atomic mass is 16.1. The third-order valence-corrected chi connectivity index (χ3v) is 2.42. The number of hydrogen-bond donors (Lipinski definition) is 1. The normalized spacial score (nSPS) is 10.2. The molecule has 1 amide bonds. The molecule has 0 spiro atoms. The Morgan fingerprint density at radius 2 is 1.59 bits per heavy atom. The van der Waals surface area contributed by atoms with E-state index in [0.29, 0.717) is 11.4 Å². The number of benzene rings is 1. The second-order valence-corrected chi connectivity index (χ2v) is 4.04. The first-order chi connectivity index (χ1) is 8.06. The number of carbonyl (C=O) groups excluding carboxylic acids is 1. The third-order valence-electron chi connectivity index (χ3n) is 2.42. The zero-order chi connectivity index (χ0) is 12.4. The molecule has 4 heteroatoms. The highest BCUT2D eigenvalue weighted by Gasteiger charge is 2.05. The summed E-state index contributed by atoms with van der Waals surface area (Å²) in [6.45, 7) is 4.04. The average molecular weight is 227 g/mol. The molecule has 17 heavy (non-hydrogen) atoms. The molecule has 0 saturated carbocycles. The molecular weight excluding hydrogens is 214 g/mol. The monoisotopic (exact) mass is 227 g/mol. The number of amides is 1. The molecule has 0 atom stereocenters. The molecular formula is C13H13N3O. The van der Waals surface area contributed by atoms with E-state index in [0.717, 1.165) is 16.7 Å². The van der Waals surface area contributed by atoms with Crippen LogP contribution in [0.2, 0.25) is 0 Å². The summed E-state index contributed by atoms with van der Waals surface area (Å²) in [4.78, 5) is 19.2. The minimum absolute atomic E-state index is 0.318. The van der Waals surface area contributed by atoms with Gasteiger partial charge in [0, 0.05) is 18.0 Å². The second-order valence-electron chi connectivity index (χ2n) is 4.04. The molecule has 0 fully saturated rings. The van der Waals surface area contributed by atoms with Crippen molar-refractivity contribution in [3.05, 3.63) is 47.3 Å². The van der Waals surface area contributed by atoms with Gasteiger partial charge in [-0.2, -0.15) is 0 Å². The Morgan fingerprint density at radius 1 is 1.06 bits per heavy atom. The van der Waals surface area contributed by atoms with Crippen molar-refractivity contribution in [3.8, 4) is 11.4 Å². The van der Waals surface area contributed by atoms with Gasteiger partial charge in [-0.1, -0.05) is 17.2 Å². The lowest BCUT2D eigenvalue weighted by Crippen LogP contribution is -2.11. The Balaban J connectivity index is 2.43. The van der Waals surface area contributed by atoms with E-state index >= 15 is 0 Å². The Morgan fingerprint density at radius 3 is 2.06 bits per heavy atom. The number of aromatic nitrogens is 2. The van der Waals surface area contributed by atoms with Gasteiger partial charge in [-0.05, 0) is 26.0 Å². The van der Waals surface area contributed by atoms with Gasteiger partial charge in [0.15, 0.2) is 5.82 Å². The van der Waals surface area contributed by atoms with Crippen LogP contribution in [0, 0.1) is 13.8 Å². The van der Waals surface area contributed by atoms with Crippen LogP contribution in [0.3, 0.4) is 0 Å². The maximum atomic E-state index is 10.9. The van der Waals surface area contributed by atoms with Crippen LogP contribution in [-0.4, -0.2) is 15.9 Å². The lowest BCUT2D eigenvalue weighted by molar-refractivity contribution is 0.0999. The maximum absolute atomic E-state index is 10.9. The van der Waals surface area contributed by atoms with Gasteiger partial charge in [0.1, 0.15) is 0 Å². The molecule has 2 rings (SSSR count). The van der Waals surface area contributed by atoms with Crippen LogP contribution in [0.4, 0.5) is 0 Å². The van der Waals surface area contributed by atoms with Crippen LogP contribution in [0.25, 0.3) is 11.4 Å². The van der Waals surface area contributed by atoms with Crippen LogP contribution in [-0.2, 0) is 0 Å². The zero-order valence-corrected chi connectivity index (χ0v) is 9.77. The molecule has 1 aromatic heterocycles. The highest BCUT2D eigenvalue weighted by Crippen LogP contribution is 2.18. The Labute approximate surface area is 99.5 Å². The number of nitrogens with zero attached hydrogens (tertiary/aromatic N) is 2. The van der Waals surface area contributed by atoms with E-state index in [-0.39, 0.29) is 0 Å². The van der Waals surface area contributed by atoms with Crippen molar-refractivity contribution in [2.75, 3.05) is 0 Å². The average Bonchev–Trinajstić information content (AvgIpc) is 2.28. The summed E-state index contributed by atoms with van der Waals surface area (Å²) in [5, 5.41) is 0. The first-order valence-electron chi connectivity index (χ1n) is 5.27. The summed E-state index contributed by atoms with van der Waals surface area (Å²) in [6, 6.07) is 6.10. The molecule has 0 aliphatic carbocycles. The number of aryl methyl sites for hydroxylation is 2. The molecule has 1 heterocycles. The molecule has 2 N–H and O–H groups in total. The molecule has 0 unspecified atom stereocenters. The van der Waals surface area contributed by atoms with Gasteiger partial charge in [0.2, 0.25) is 0 Å². The zero-order valence-electron chi connectivity index (χ0n) is 9.77. The van der Waals surface area contributed by atoms with Crippen LogP contribution < -0.4 is 5.73 Å². The van der Waals surface area contributed by atoms with Crippen molar-refractivity contribution in [3.63, 3.8) is 0 Å². The van der Waals surface area contributed by atoms with E-state index in [1.54, 1.807) is 0 Å². The summed E-state index contributed by atoms with van der Waals surface area (Å²) in [7, 11) is 0. The van der Waals surface area contributed by atoms with Crippen LogP contribution in [0.5, 0.6) is 0 Å². The lowest BCUT2D eigenvalue weighted by atomic mass is 10.1. The van der Waals surface area contributed by atoms with Gasteiger partial charge >= 0.3 is 0 Å². The van der Waals surface area contributed by atoms with E-state index in [2.05, 4.69) is 16.0 Å². The van der Waals surface area contributed by atoms with Crippen molar-refractivity contribution >= 4 is 5.91 Å². The first-order valence-corrected chi connectivity index (χ1v) is 5.27. The number of nitrogens with two attached hydrogens (primary N) is 1. The van der Waals surface area contributed by atoms with Gasteiger partial charge in [0.25, 0.3) is 5.91 Å². The van der Waals surface area contributed by atoms with E-state index in [1.807, 2.05) is 26.0 Å². The van der Waals surface area contributed by atoms with E-state index in [4.69, 9.17) is 5.73 Å². The van der Waals surface area contributed by atoms with Crippen LogP contribution in [0.15, 0.2) is 30.6 Å². The highest BCUT2D eigenvalue weighted by molar-refractivity contribution is 5.92. The summed E-state index contributed by atoms with van der Waals surface area (Å²) in [5.41, 5.74) is 8.70. The molecule has 1 aromatic carbocycles. The van der Waals surface area contributed by atoms with E-state index < -0.39 is 5.91 Å². The van der Waals surface area contributed by atoms with E-state index in [9.17, 15) is 4.79 Å². The molecule has 0 radical (unpaired) electrons. The topological polar surface area (TPSA) is 68.9 Å². The molecule has 4 nitrogen and oxygen atoms in total. The Bertz CT molecular complexity index is 541. The van der Waals surface area contributed by atoms with Gasteiger partial charge in [0.05, 0.1) is 5.56 Å². The van der Waals surface area contributed by atoms with Gasteiger partial charge < -0.3 is 5.73 Å². The first kappa shape index (κ1) is 11.3. The fourth-order valence-electron chi connectivity index (χ4n) is 1.71. The van der Waals surface area contributed by atoms with E-state index in [1.165, 1.54) is 12.4 Å². The van der Waals surface area contributed by atoms with Crippen LogP contribution >= 0.6 is 0 Å². The smallest absolute Gasteiger partial charge is 0.251 e. The maximum Gasteiger partial charge on any atom is 0.251 e. The van der Waals surface area contributed by atoms with Gasteiger partial charge in [-0.3, -0.25) is 4.79 Å². The largest absolute Gasteiger partial charge is 0.366 e. The van der Waals surface area contributed by atoms with Crippen molar-refractivity contribution in [2.45, 2.75) is 13.8 Å². The molecule has 0 saturated heterocycles. The SMILES string of the molecule is Cc1cc(C)cc(-c2ncc(C(N)=O)cn2)c1. The molecule has 2 aromatic rings. The quantitative estimate of drug-likeness (QED) is 0.851. The molecule has 0 bridgehead atoms. The number of primary amides is 1. The van der Waals surface area contributed by atoms with Crippen molar-refractivity contribution in [1.29, 1.82) is 0 Å². The van der Waals surface area contributed by atoms with Gasteiger partial charge in [-0.25, -0.2) is 9.97 Å². The summed E-state index contributed by atoms with van der Waals surface area (Å²) >= 11 is 0. The molecule has 86 valence electrons. The standard InChI is InChI=1S/C13H13N3O/c1-8-3-9(2)5-10(4-8)13-15-6-11(7-16-13)12(14)17/h3-7H,1-2H3,(H2,14,17). The predicted molar refractivity (Wildman–Crippen MR) is 65.5 cm³/mol. The predicted octanol–water partition coefficient (Wildman–Crippen LogP) is 1.86. The number of hydrogen-bond acceptors (Lipinski definition) is 3. The second kappa shape index (κ2) is 4.33. The Kier molecular flexibility index (Phi) is 2.87. The van der Waals surface area contributed by atoms with Gasteiger partial charge in [-0.15, -0.1) is 0 Å². The summed E-state index contributed by atoms with van der Waals surface area (Å²) in [5.74, 6) is 0.0822. The fourth-order valence-corrected chi connectivity index (χ4v) is 1.71. The summed E-state index contributed by atoms with van der Waals surface area (Å²) in [6.07, 6.45) is 2.89. The van der Waals surface area contributed by atoms with Crippen molar-refractivity contribution in [1.82, 2.24) is 9.97 Å². The molecule has 0 aliphatic rings. The summed E-state index contributed by atoms with van der Waals surface area (Å²) < 4.78 is 0. The lowest BCUT2D eigenvalue weighted by Gasteiger charge is -2.04. The minimum atomic E-state index is -0.517. The Hall–Kier alpha value is -2.23. The fraction of sp³-hybridized carbons (Fsp3) is 0.154. The number of carbonyl (C=O) groups is 1. The van der Waals surface area contributed by atoms with Crippen molar-refractivity contribution < 1.29 is 4.79 Å². The minimum Gasteiger partial charge on any atom is -0.366 e. The number of rotatable bonds is 2. The third kappa shape index (κ3) is 2.47. The van der Waals surface area contributed by atoms with Crippen molar-refractivity contribution in [2.24, 2.45) is 5.73 Å². The van der Waals surface area contributed by atoms with Crippen LogP contribution in [0.1, 0.15) is 21.5 Å².